The normalized spacial score (nSPS) is 16.6. The third-order valence-corrected chi connectivity index (χ3v) is 4.05. The summed E-state index contributed by atoms with van der Waals surface area (Å²) >= 11 is 0. The Morgan fingerprint density at radius 3 is 2.48 bits per heavy atom. The van der Waals surface area contributed by atoms with Crippen LogP contribution in [0.15, 0.2) is 77.9 Å². The highest BCUT2D eigenvalue weighted by Gasteiger charge is 2.22. The van der Waals surface area contributed by atoms with E-state index < -0.39 is 0 Å². The van der Waals surface area contributed by atoms with E-state index in [-0.39, 0.29) is 6.04 Å². The predicted octanol–water partition coefficient (Wildman–Crippen LogP) is 4.39. The number of benzene rings is 2. The number of hydrogen-bond donors (Lipinski definition) is 0. The molecule has 0 aliphatic carbocycles. The predicted molar refractivity (Wildman–Crippen MR) is 86.3 cm³/mol. The van der Waals surface area contributed by atoms with Crippen LogP contribution in [-0.2, 0) is 0 Å². The summed E-state index contributed by atoms with van der Waals surface area (Å²) in [6.07, 6.45) is 2.11. The summed E-state index contributed by atoms with van der Waals surface area (Å²) in [5.74, 6) is 0. The van der Waals surface area contributed by atoms with Gasteiger partial charge in [0.15, 0.2) is 0 Å². The fraction of sp³-hybridized carbons (Fsp3) is 0.105. The summed E-state index contributed by atoms with van der Waals surface area (Å²) < 4.78 is 2.23. The van der Waals surface area contributed by atoms with Crippen molar-refractivity contribution in [3.8, 4) is 5.69 Å². The molecule has 0 amide bonds. The van der Waals surface area contributed by atoms with E-state index in [1.807, 2.05) is 6.07 Å². The molecule has 2 heteroatoms. The summed E-state index contributed by atoms with van der Waals surface area (Å²) in [5, 5.41) is 0. The third kappa shape index (κ3) is 1.91. The molecule has 21 heavy (non-hydrogen) atoms. The Labute approximate surface area is 124 Å². The zero-order chi connectivity index (χ0) is 14.2. The van der Waals surface area contributed by atoms with Crippen LogP contribution >= 0.6 is 0 Å². The molecule has 4 rings (SSSR count). The van der Waals surface area contributed by atoms with Crippen LogP contribution in [0.2, 0.25) is 0 Å². The van der Waals surface area contributed by atoms with Gasteiger partial charge in [-0.3, -0.25) is 4.99 Å². The van der Waals surface area contributed by atoms with Gasteiger partial charge in [0.05, 0.1) is 17.1 Å². The van der Waals surface area contributed by atoms with E-state index in [9.17, 15) is 0 Å². The molecule has 1 atom stereocenters. The summed E-state index contributed by atoms with van der Waals surface area (Å²) in [6.45, 7) is 2.09. The Balaban J connectivity index is 2.01. The molecule has 1 unspecified atom stereocenters. The number of fused-ring (bicyclic) bond motifs is 3. The van der Waals surface area contributed by atoms with Crippen molar-refractivity contribution in [3.05, 3.63) is 89.7 Å². The van der Waals surface area contributed by atoms with E-state index in [2.05, 4.69) is 78.4 Å². The van der Waals surface area contributed by atoms with Crippen LogP contribution in [0, 0.1) is 0 Å². The second-order valence-electron chi connectivity index (χ2n) is 5.35. The Morgan fingerprint density at radius 2 is 1.62 bits per heavy atom. The molecule has 1 aliphatic rings. The number of para-hydroxylation sites is 1. The van der Waals surface area contributed by atoms with Gasteiger partial charge in [-0.05, 0) is 30.7 Å². The van der Waals surface area contributed by atoms with Crippen LogP contribution < -0.4 is 0 Å². The van der Waals surface area contributed by atoms with Crippen LogP contribution in [0.1, 0.15) is 29.8 Å². The highest BCUT2D eigenvalue weighted by Crippen LogP contribution is 2.34. The molecule has 2 heterocycles. The van der Waals surface area contributed by atoms with Crippen molar-refractivity contribution in [1.82, 2.24) is 4.57 Å². The minimum absolute atomic E-state index is 0.0577. The molecule has 102 valence electrons. The maximum absolute atomic E-state index is 5.00. The lowest BCUT2D eigenvalue weighted by Gasteiger charge is -2.16. The fourth-order valence-corrected chi connectivity index (χ4v) is 3.04. The van der Waals surface area contributed by atoms with Crippen LogP contribution in [0.4, 0.5) is 0 Å². The van der Waals surface area contributed by atoms with Crippen molar-refractivity contribution >= 4 is 5.71 Å². The van der Waals surface area contributed by atoms with E-state index in [0.717, 1.165) is 5.71 Å². The Kier molecular flexibility index (Phi) is 2.74. The van der Waals surface area contributed by atoms with Gasteiger partial charge in [0.2, 0.25) is 0 Å². The summed E-state index contributed by atoms with van der Waals surface area (Å²) in [7, 11) is 0. The van der Waals surface area contributed by atoms with Crippen LogP contribution in [0.3, 0.4) is 0 Å². The minimum atomic E-state index is 0.0577. The molecule has 0 N–H and O–H groups in total. The van der Waals surface area contributed by atoms with Crippen molar-refractivity contribution < 1.29 is 0 Å². The van der Waals surface area contributed by atoms with Crippen LogP contribution in [0.5, 0.6) is 0 Å². The van der Waals surface area contributed by atoms with Gasteiger partial charge in [-0.2, -0.15) is 0 Å². The van der Waals surface area contributed by atoms with Crippen LogP contribution in [0.25, 0.3) is 5.69 Å². The molecule has 0 radical (unpaired) electrons. The zero-order valence-electron chi connectivity index (χ0n) is 11.9. The number of nitrogens with zero attached hydrogens (tertiary/aromatic N) is 2. The van der Waals surface area contributed by atoms with Gasteiger partial charge in [-0.1, -0.05) is 48.5 Å². The second-order valence-corrected chi connectivity index (χ2v) is 5.35. The molecule has 0 bridgehead atoms. The van der Waals surface area contributed by atoms with Crippen molar-refractivity contribution in [2.45, 2.75) is 13.0 Å². The second kappa shape index (κ2) is 4.74. The number of hydrogen-bond acceptors (Lipinski definition) is 1. The third-order valence-electron chi connectivity index (χ3n) is 4.05. The first kappa shape index (κ1) is 12.2. The van der Waals surface area contributed by atoms with Crippen LogP contribution in [-0.4, -0.2) is 10.3 Å². The van der Waals surface area contributed by atoms with Crippen molar-refractivity contribution in [2.24, 2.45) is 4.99 Å². The van der Waals surface area contributed by atoms with E-state index in [1.165, 1.54) is 22.5 Å². The first-order chi connectivity index (χ1) is 10.3. The van der Waals surface area contributed by atoms with Gasteiger partial charge in [-0.15, -0.1) is 0 Å². The molecule has 0 saturated heterocycles. The molecular weight excluding hydrogens is 256 g/mol. The molecule has 0 spiro atoms. The minimum Gasteiger partial charge on any atom is -0.315 e. The zero-order valence-corrected chi connectivity index (χ0v) is 11.9. The van der Waals surface area contributed by atoms with E-state index in [0.29, 0.717) is 0 Å². The van der Waals surface area contributed by atoms with Gasteiger partial charge in [0, 0.05) is 11.8 Å². The average Bonchev–Trinajstić information content (AvgIpc) is 2.99. The molecular formula is C19H16N2. The first-order valence-electron chi connectivity index (χ1n) is 7.21. The average molecular weight is 272 g/mol. The molecule has 0 fully saturated rings. The quantitative estimate of drug-likeness (QED) is 0.625. The largest absolute Gasteiger partial charge is 0.315 e. The number of rotatable bonds is 1. The monoisotopic (exact) mass is 272 g/mol. The molecule has 0 saturated carbocycles. The van der Waals surface area contributed by atoms with E-state index in [1.54, 1.807) is 0 Å². The molecule has 2 nitrogen and oxygen atoms in total. The van der Waals surface area contributed by atoms with Gasteiger partial charge < -0.3 is 4.57 Å². The first-order valence-corrected chi connectivity index (χ1v) is 7.21. The maximum atomic E-state index is 5.00. The summed E-state index contributed by atoms with van der Waals surface area (Å²) in [6, 6.07) is 23.3. The summed E-state index contributed by atoms with van der Waals surface area (Å²) in [5.41, 5.74) is 5.94. The standard InChI is InChI=1S/C19H16N2/c1-14-17-12-7-13-21(17)18-11-6-5-10-16(18)19(20-14)15-8-3-2-4-9-15/h2-13,19H,1H3. The smallest absolute Gasteiger partial charge is 0.102 e. The molecule has 1 aromatic heterocycles. The van der Waals surface area contributed by atoms with Gasteiger partial charge in [0.1, 0.15) is 6.04 Å². The molecule has 2 aromatic carbocycles. The lowest BCUT2D eigenvalue weighted by atomic mass is 9.98. The van der Waals surface area contributed by atoms with E-state index >= 15 is 0 Å². The molecule has 3 aromatic rings. The van der Waals surface area contributed by atoms with Gasteiger partial charge in [-0.25, -0.2) is 0 Å². The highest BCUT2D eigenvalue weighted by atomic mass is 15.0. The van der Waals surface area contributed by atoms with Gasteiger partial charge >= 0.3 is 0 Å². The van der Waals surface area contributed by atoms with E-state index in [4.69, 9.17) is 4.99 Å². The number of aromatic nitrogens is 1. The van der Waals surface area contributed by atoms with Crippen molar-refractivity contribution in [2.75, 3.05) is 0 Å². The lowest BCUT2D eigenvalue weighted by Crippen LogP contribution is -2.03. The Morgan fingerprint density at radius 1 is 0.857 bits per heavy atom. The molecule has 1 aliphatic heterocycles. The Bertz CT molecular complexity index is 812. The highest BCUT2D eigenvalue weighted by molar-refractivity contribution is 5.98. The maximum Gasteiger partial charge on any atom is 0.102 e. The Hall–Kier alpha value is -2.61. The van der Waals surface area contributed by atoms with Crippen molar-refractivity contribution in [1.29, 1.82) is 0 Å². The fourth-order valence-electron chi connectivity index (χ4n) is 3.04. The SMILES string of the molecule is CC1=NC(c2ccccc2)c2ccccc2-n2cccc21. The van der Waals surface area contributed by atoms with Crippen molar-refractivity contribution in [3.63, 3.8) is 0 Å². The summed E-state index contributed by atoms with van der Waals surface area (Å²) in [4.78, 5) is 5.00. The lowest BCUT2D eigenvalue weighted by molar-refractivity contribution is 0.868. The topological polar surface area (TPSA) is 17.3 Å². The van der Waals surface area contributed by atoms with Gasteiger partial charge in [0.25, 0.3) is 0 Å². The number of aliphatic imine (C=N–C) groups is 1.